The van der Waals surface area contributed by atoms with Gasteiger partial charge in [-0.2, -0.15) is 0 Å². The fourth-order valence-corrected chi connectivity index (χ4v) is 3.95. The summed E-state index contributed by atoms with van der Waals surface area (Å²) in [5.41, 5.74) is 0.979. The molecule has 2 fully saturated rings. The zero-order chi connectivity index (χ0) is 19.4. The van der Waals surface area contributed by atoms with E-state index in [2.05, 4.69) is 17.3 Å². The first-order valence-corrected chi connectivity index (χ1v) is 9.93. The smallest absolute Gasteiger partial charge is 0.225 e. The largest absolute Gasteiger partial charge is 0.373 e. The van der Waals surface area contributed by atoms with E-state index < -0.39 is 0 Å². The molecule has 7 heteroatoms. The molecule has 2 aliphatic heterocycles. The number of hydrogen-bond acceptors (Lipinski definition) is 4. The molecular weight excluding hydrogens is 366 g/mol. The van der Waals surface area contributed by atoms with Gasteiger partial charge in [0.2, 0.25) is 11.8 Å². The molecular formula is C20H28ClN3O3. The van der Waals surface area contributed by atoms with Crippen molar-refractivity contribution in [2.24, 2.45) is 5.92 Å². The molecule has 3 rings (SSSR count). The third-order valence-electron chi connectivity index (χ3n) is 5.43. The minimum Gasteiger partial charge on any atom is -0.373 e. The Morgan fingerprint density at radius 3 is 2.63 bits per heavy atom. The van der Waals surface area contributed by atoms with E-state index in [9.17, 15) is 9.59 Å². The van der Waals surface area contributed by atoms with Crippen LogP contribution in [0.1, 0.15) is 31.4 Å². The number of amides is 2. The van der Waals surface area contributed by atoms with Gasteiger partial charge in [-0.3, -0.25) is 9.59 Å². The number of likely N-dealkylation sites (tertiary alicyclic amines) is 1. The van der Waals surface area contributed by atoms with E-state index >= 15 is 0 Å². The van der Waals surface area contributed by atoms with Crippen LogP contribution in [0.15, 0.2) is 24.3 Å². The summed E-state index contributed by atoms with van der Waals surface area (Å²) in [5.74, 6) is -0.171. The quantitative estimate of drug-likeness (QED) is 0.850. The van der Waals surface area contributed by atoms with Crippen molar-refractivity contribution in [3.63, 3.8) is 0 Å². The van der Waals surface area contributed by atoms with E-state index in [0.29, 0.717) is 18.2 Å². The van der Waals surface area contributed by atoms with Crippen LogP contribution in [0.4, 0.5) is 0 Å². The third kappa shape index (κ3) is 5.21. The average molecular weight is 394 g/mol. The van der Waals surface area contributed by atoms with Gasteiger partial charge in [0.1, 0.15) is 0 Å². The highest BCUT2D eigenvalue weighted by atomic mass is 35.5. The first-order chi connectivity index (χ1) is 12.9. The summed E-state index contributed by atoms with van der Waals surface area (Å²) in [6.45, 7) is 5.05. The molecule has 3 unspecified atom stereocenters. The van der Waals surface area contributed by atoms with Gasteiger partial charge in [-0.25, -0.2) is 0 Å². The van der Waals surface area contributed by atoms with Gasteiger partial charge in [0.05, 0.1) is 24.7 Å². The van der Waals surface area contributed by atoms with Gasteiger partial charge in [-0.05, 0) is 37.6 Å². The van der Waals surface area contributed by atoms with Crippen LogP contribution >= 0.6 is 11.6 Å². The van der Waals surface area contributed by atoms with Crippen molar-refractivity contribution in [2.45, 2.75) is 31.9 Å². The first kappa shape index (κ1) is 20.1. The number of ether oxygens (including phenoxy) is 1. The van der Waals surface area contributed by atoms with Gasteiger partial charge in [0, 0.05) is 38.1 Å². The van der Waals surface area contributed by atoms with E-state index in [0.717, 1.165) is 38.0 Å². The number of carbonyl (C=O) groups is 2. The third-order valence-corrected chi connectivity index (χ3v) is 5.68. The molecule has 2 heterocycles. The molecule has 3 atom stereocenters. The Balaban J connectivity index is 1.75. The molecule has 0 aliphatic carbocycles. The number of halogens is 1. The lowest BCUT2D eigenvalue weighted by molar-refractivity contribution is -0.135. The van der Waals surface area contributed by atoms with Gasteiger partial charge < -0.3 is 19.9 Å². The number of carbonyl (C=O) groups excluding carboxylic acids is 2. The lowest BCUT2D eigenvalue weighted by Gasteiger charge is -2.37. The molecule has 0 bridgehead atoms. The van der Waals surface area contributed by atoms with Crippen LogP contribution in [0.3, 0.4) is 0 Å². The van der Waals surface area contributed by atoms with Crippen molar-refractivity contribution in [3.05, 3.63) is 34.9 Å². The Morgan fingerprint density at radius 1 is 1.22 bits per heavy atom. The monoisotopic (exact) mass is 393 g/mol. The van der Waals surface area contributed by atoms with Gasteiger partial charge in [-0.1, -0.05) is 23.7 Å². The van der Waals surface area contributed by atoms with E-state index in [-0.39, 0.29) is 29.9 Å². The highest BCUT2D eigenvalue weighted by Gasteiger charge is 2.33. The maximum absolute atomic E-state index is 13.0. The number of benzene rings is 1. The Kier molecular flexibility index (Phi) is 6.73. The SMILES string of the molecule is CC(=O)N1CCCC(C(=O)NC(c2ccc(Cl)cc2)C2CN(C)CCO2)C1. The molecule has 148 valence electrons. The highest BCUT2D eigenvalue weighted by molar-refractivity contribution is 6.30. The molecule has 1 N–H and O–H groups in total. The van der Waals surface area contributed by atoms with E-state index in [1.807, 2.05) is 24.3 Å². The molecule has 27 heavy (non-hydrogen) atoms. The van der Waals surface area contributed by atoms with Crippen molar-refractivity contribution < 1.29 is 14.3 Å². The van der Waals surface area contributed by atoms with Crippen molar-refractivity contribution in [3.8, 4) is 0 Å². The summed E-state index contributed by atoms with van der Waals surface area (Å²) in [6.07, 6.45) is 1.53. The average Bonchev–Trinajstić information content (AvgIpc) is 2.67. The molecule has 0 spiro atoms. The van der Waals surface area contributed by atoms with Gasteiger partial charge >= 0.3 is 0 Å². The summed E-state index contributed by atoms with van der Waals surface area (Å²) >= 11 is 6.03. The Hall–Kier alpha value is -1.63. The van der Waals surface area contributed by atoms with Crippen molar-refractivity contribution in [1.82, 2.24) is 15.1 Å². The van der Waals surface area contributed by atoms with E-state index in [4.69, 9.17) is 16.3 Å². The second kappa shape index (κ2) is 9.04. The zero-order valence-corrected chi connectivity index (χ0v) is 16.7. The van der Waals surface area contributed by atoms with E-state index in [1.54, 1.807) is 11.8 Å². The van der Waals surface area contributed by atoms with Crippen LogP contribution in [0.25, 0.3) is 0 Å². The van der Waals surface area contributed by atoms with E-state index in [1.165, 1.54) is 0 Å². The molecule has 1 aromatic rings. The standard InChI is InChI=1S/C20H28ClN3O3/c1-14(25)24-9-3-4-16(12-24)20(26)22-19(15-5-7-17(21)8-6-15)18-13-23(2)10-11-27-18/h5-8,16,18-19H,3-4,9-13H2,1-2H3,(H,22,26). The molecule has 2 saturated heterocycles. The lowest BCUT2D eigenvalue weighted by atomic mass is 9.94. The summed E-state index contributed by atoms with van der Waals surface area (Å²) in [6, 6.07) is 7.30. The van der Waals surface area contributed by atoms with Crippen LogP contribution in [0.2, 0.25) is 5.02 Å². The number of morpholine rings is 1. The second-order valence-corrected chi connectivity index (χ2v) is 7.95. The lowest BCUT2D eigenvalue weighted by Crippen LogP contribution is -2.51. The van der Waals surface area contributed by atoms with Crippen molar-refractivity contribution >= 4 is 23.4 Å². The number of rotatable bonds is 4. The van der Waals surface area contributed by atoms with Gasteiger partial charge in [0.25, 0.3) is 0 Å². The Bertz CT molecular complexity index is 667. The van der Waals surface area contributed by atoms with Crippen LogP contribution in [-0.2, 0) is 14.3 Å². The number of likely N-dealkylation sites (N-methyl/N-ethyl adjacent to an activating group) is 1. The van der Waals surface area contributed by atoms with Crippen molar-refractivity contribution in [2.75, 3.05) is 39.8 Å². The summed E-state index contributed by atoms with van der Waals surface area (Å²) in [7, 11) is 2.06. The van der Waals surface area contributed by atoms with Gasteiger partial charge in [-0.15, -0.1) is 0 Å². The fourth-order valence-electron chi connectivity index (χ4n) is 3.82. The molecule has 0 radical (unpaired) electrons. The molecule has 2 aliphatic rings. The predicted molar refractivity (Wildman–Crippen MR) is 105 cm³/mol. The fraction of sp³-hybridized carbons (Fsp3) is 0.600. The molecule has 0 saturated carbocycles. The molecule has 6 nitrogen and oxygen atoms in total. The zero-order valence-electron chi connectivity index (χ0n) is 16.0. The Labute approximate surface area is 165 Å². The minimum absolute atomic E-state index is 0.0160. The summed E-state index contributed by atoms with van der Waals surface area (Å²) in [5, 5.41) is 3.86. The Morgan fingerprint density at radius 2 is 1.96 bits per heavy atom. The van der Waals surface area contributed by atoms with Crippen LogP contribution in [0, 0.1) is 5.92 Å². The first-order valence-electron chi connectivity index (χ1n) is 9.55. The molecule has 0 aromatic heterocycles. The summed E-state index contributed by atoms with van der Waals surface area (Å²) < 4.78 is 5.99. The second-order valence-electron chi connectivity index (χ2n) is 7.51. The van der Waals surface area contributed by atoms with Crippen LogP contribution < -0.4 is 5.32 Å². The molecule has 2 amide bonds. The number of nitrogens with one attached hydrogen (secondary N) is 1. The minimum atomic E-state index is -0.245. The maximum atomic E-state index is 13.0. The van der Waals surface area contributed by atoms with Crippen LogP contribution in [-0.4, -0.2) is 67.6 Å². The maximum Gasteiger partial charge on any atom is 0.225 e. The topological polar surface area (TPSA) is 61.9 Å². The van der Waals surface area contributed by atoms with Crippen molar-refractivity contribution in [1.29, 1.82) is 0 Å². The highest BCUT2D eigenvalue weighted by Crippen LogP contribution is 2.25. The number of hydrogen-bond donors (Lipinski definition) is 1. The number of piperidine rings is 1. The number of nitrogens with zero attached hydrogens (tertiary/aromatic N) is 2. The van der Waals surface area contributed by atoms with Crippen LogP contribution in [0.5, 0.6) is 0 Å². The van der Waals surface area contributed by atoms with Gasteiger partial charge in [0.15, 0.2) is 0 Å². The normalized spacial score (nSPS) is 25.1. The summed E-state index contributed by atoms with van der Waals surface area (Å²) in [4.78, 5) is 28.6. The molecule has 1 aromatic carbocycles. The predicted octanol–water partition coefficient (Wildman–Crippen LogP) is 2.09.